The maximum Gasteiger partial charge on any atom is 0.292 e. The normalized spacial score (nSPS) is 11.5. The molecule has 0 fully saturated rings. The summed E-state index contributed by atoms with van der Waals surface area (Å²) in [5, 5.41) is 11.2. The van der Waals surface area contributed by atoms with Crippen molar-refractivity contribution in [3.05, 3.63) is 74.6 Å². The highest BCUT2D eigenvalue weighted by Crippen LogP contribution is 2.16. The van der Waals surface area contributed by atoms with E-state index in [1.807, 2.05) is 24.3 Å². The van der Waals surface area contributed by atoms with Gasteiger partial charge < -0.3 is 0 Å². The number of rotatable bonds is 3. The Balaban J connectivity index is 1.91. The Labute approximate surface area is 145 Å². The molecule has 24 heavy (non-hydrogen) atoms. The van der Waals surface area contributed by atoms with Crippen molar-refractivity contribution >= 4 is 38.3 Å². The summed E-state index contributed by atoms with van der Waals surface area (Å²) in [6.07, 6.45) is 0. The van der Waals surface area contributed by atoms with Crippen LogP contribution in [0.5, 0.6) is 0 Å². The summed E-state index contributed by atoms with van der Waals surface area (Å²) in [7, 11) is 0. The summed E-state index contributed by atoms with van der Waals surface area (Å²) in [4.78, 5) is 24.1. The van der Waals surface area contributed by atoms with E-state index in [1.165, 1.54) is 0 Å². The molecule has 0 bridgehead atoms. The number of aromatic nitrogens is 2. The summed E-state index contributed by atoms with van der Waals surface area (Å²) >= 11 is 3.44. The highest BCUT2D eigenvalue weighted by molar-refractivity contribution is 9.10. The van der Waals surface area contributed by atoms with E-state index in [-0.39, 0.29) is 11.3 Å². The molecule has 0 aliphatic carbocycles. The molecular formula is C17H13BrN4O2. The predicted octanol–water partition coefficient (Wildman–Crippen LogP) is 2.84. The molecule has 0 atom stereocenters. The van der Waals surface area contributed by atoms with Gasteiger partial charge in [0.15, 0.2) is 5.69 Å². The van der Waals surface area contributed by atoms with Gasteiger partial charge in [0, 0.05) is 15.4 Å². The molecule has 1 amide bonds. The monoisotopic (exact) mass is 384 g/mol. The standard InChI is InChI=1S/C17H13BrN4O2/c1-10(11-6-4-5-9-14(11)18)19-22-17(24)15-12-7-2-3-8-13(12)16(23)21-20-15/h2-9H,1H3,(H,21,23)(H,22,24)/b19-10-. The summed E-state index contributed by atoms with van der Waals surface area (Å²) in [5.41, 5.74) is 3.78. The fraction of sp³-hybridized carbons (Fsp3) is 0.0588. The van der Waals surface area contributed by atoms with Crippen molar-refractivity contribution in [2.45, 2.75) is 6.92 Å². The third kappa shape index (κ3) is 3.11. The number of nitrogens with zero attached hydrogens (tertiary/aromatic N) is 2. The first-order valence-corrected chi connectivity index (χ1v) is 7.94. The lowest BCUT2D eigenvalue weighted by molar-refractivity contribution is 0.0950. The van der Waals surface area contributed by atoms with Crippen molar-refractivity contribution in [2.24, 2.45) is 5.10 Å². The van der Waals surface area contributed by atoms with Crippen LogP contribution < -0.4 is 11.0 Å². The Morgan fingerprint density at radius 3 is 2.54 bits per heavy atom. The number of nitrogens with one attached hydrogen (secondary N) is 2. The number of H-pyrrole nitrogens is 1. The fourth-order valence-electron chi connectivity index (χ4n) is 2.29. The minimum Gasteiger partial charge on any atom is -0.267 e. The number of hydrogen-bond acceptors (Lipinski definition) is 4. The summed E-state index contributed by atoms with van der Waals surface area (Å²) in [6.45, 7) is 1.79. The van der Waals surface area contributed by atoms with E-state index in [9.17, 15) is 9.59 Å². The smallest absolute Gasteiger partial charge is 0.267 e. The number of aromatic amines is 1. The van der Waals surface area contributed by atoms with Crippen LogP contribution in [0.2, 0.25) is 0 Å². The van der Waals surface area contributed by atoms with Crippen LogP contribution in [0.1, 0.15) is 23.0 Å². The van der Waals surface area contributed by atoms with E-state index in [2.05, 4.69) is 36.7 Å². The van der Waals surface area contributed by atoms with E-state index < -0.39 is 5.91 Å². The van der Waals surface area contributed by atoms with E-state index >= 15 is 0 Å². The Morgan fingerprint density at radius 1 is 1.12 bits per heavy atom. The lowest BCUT2D eigenvalue weighted by Crippen LogP contribution is -2.23. The van der Waals surface area contributed by atoms with Crippen LogP contribution >= 0.6 is 15.9 Å². The van der Waals surface area contributed by atoms with Crippen LogP contribution in [0, 0.1) is 0 Å². The fourth-order valence-corrected chi connectivity index (χ4v) is 2.86. The molecule has 1 heterocycles. The maximum atomic E-state index is 12.4. The van der Waals surface area contributed by atoms with Crippen molar-refractivity contribution in [1.82, 2.24) is 15.6 Å². The van der Waals surface area contributed by atoms with Crippen molar-refractivity contribution < 1.29 is 4.79 Å². The van der Waals surface area contributed by atoms with Crippen LogP contribution in [0.4, 0.5) is 0 Å². The summed E-state index contributed by atoms with van der Waals surface area (Å²) in [6, 6.07) is 14.4. The highest BCUT2D eigenvalue weighted by atomic mass is 79.9. The van der Waals surface area contributed by atoms with E-state index in [0.717, 1.165) is 10.0 Å². The average Bonchev–Trinajstić information content (AvgIpc) is 2.60. The molecule has 1 aromatic heterocycles. The number of amides is 1. The van der Waals surface area contributed by atoms with Crippen molar-refractivity contribution in [1.29, 1.82) is 0 Å². The minimum atomic E-state index is -0.492. The molecule has 0 unspecified atom stereocenters. The first-order chi connectivity index (χ1) is 11.6. The minimum absolute atomic E-state index is 0.119. The Kier molecular flexibility index (Phi) is 4.52. The van der Waals surface area contributed by atoms with Crippen molar-refractivity contribution in [3.8, 4) is 0 Å². The van der Waals surface area contributed by atoms with Gasteiger partial charge in [-0.3, -0.25) is 9.59 Å². The largest absolute Gasteiger partial charge is 0.292 e. The highest BCUT2D eigenvalue weighted by Gasteiger charge is 2.13. The second-order valence-electron chi connectivity index (χ2n) is 5.06. The van der Waals surface area contributed by atoms with Gasteiger partial charge in [0.25, 0.3) is 11.5 Å². The van der Waals surface area contributed by atoms with Gasteiger partial charge in [0.05, 0.1) is 11.1 Å². The molecule has 2 N–H and O–H groups in total. The molecule has 0 spiro atoms. The van der Waals surface area contributed by atoms with Crippen LogP contribution in [0.3, 0.4) is 0 Å². The maximum absolute atomic E-state index is 12.4. The number of benzene rings is 2. The molecule has 0 radical (unpaired) electrons. The van der Waals surface area contributed by atoms with Gasteiger partial charge >= 0.3 is 0 Å². The van der Waals surface area contributed by atoms with E-state index in [0.29, 0.717) is 16.5 Å². The van der Waals surface area contributed by atoms with E-state index in [4.69, 9.17) is 0 Å². The molecular weight excluding hydrogens is 372 g/mol. The second-order valence-corrected chi connectivity index (χ2v) is 5.92. The molecule has 0 saturated heterocycles. The van der Waals surface area contributed by atoms with Crippen LogP contribution in [0.15, 0.2) is 62.9 Å². The Hall–Kier alpha value is -2.80. The number of hydrogen-bond donors (Lipinski definition) is 2. The molecule has 6 nitrogen and oxygen atoms in total. The van der Waals surface area contributed by atoms with Crippen LogP contribution in [-0.4, -0.2) is 21.8 Å². The van der Waals surface area contributed by atoms with E-state index in [1.54, 1.807) is 31.2 Å². The molecule has 0 saturated carbocycles. The second kappa shape index (κ2) is 6.76. The van der Waals surface area contributed by atoms with Crippen molar-refractivity contribution in [3.63, 3.8) is 0 Å². The number of fused-ring (bicyclic) bond motifs is 1. The topological polar surface area (TPSA) is 87.2 Å². The third-order valence-electron chi connectivity index (χ3n) is 3.50. The number of halogens is 1. The first-order valence-electron chi connectivity index (χ1n) is 7.15. The SMILES string of the molecule is C/C(=N/NC(=O)c1n[nH]c(=O)c2ccccc12)c1ccccc1Br. The zero-order valence-electron chi connectivity index (χ0n) is 12.7. The summed E-state index contributed by atoms with van der Waals surface area (Å²) < 4.78 is 0.883. The number of carbonyl (C=O) groups is 1. The zero-order chi connectivity index (χ0) is 17.1. The Bertz CT molecular complexity index is 1010. The van der Waals surface area contributed by atoms with Gasteiger partial charge in [0.1, 0.15) is 0 Å². The molecule has 3 rings (SSSR count). The number of hydrazone groups is 1. The van der Waals surface area contributed by atoms with Gasteiger partial charge in [0.2, 0.25) is 0 Å². The van der Waals surface area contributed by atoms with Crippen LogP contribution in [-0.2, 0) is 0 Å². The number of carbonyl (C=O) groups excluding carboxylic acids is 1. The molecule has 3 aromatic rings. The van der Waals surface area contributed by atoms with Gasteiger partial charge in [-0.2, -0.15) is 10.2 Å². The van der Waals surface area contributed by atoms with Crippen molar-refractivity contribution in [2.75, 3.05) is 0 Å². The third-order valence-corrected chi connectivity index (χ3v) is 4.19. The quantitative estimate of drug-likeness (QED) is 0.537. The zero-order valence-corrected chi connectivity index (χ0v) is 14.3. The van der Waals surface area contributed by atoms with Gasteiger partial charge in [-0.15, -0.1) is 0 Å². The lowest BCUT2D eigenvalue weighted by atomic mass is 10.1. The molecule has 7 heteroatoms. The van der Waals surface area contributed by atoms with Crippen LogP contribution in [0.25, 0.3) is 10.8 Å². The van der Waals surface area contributed by atoms with Gasteiger partial charge in [-0.05, 0) is 19.1 Å². The predicted molar refractivity (Wildman–Crippen MR) is 96.2 cm³/mol. The van der Waals surface area contributed by atoms with Gasteiger partial charge in [-0.25, -0.2) is 10.5 Å². The lowest BCUT2D eigenvalue weighted by Gasteiger charge is -2.06. The first kappa shape index (κ1) is 16.1. The molecule has 2 aromatic carbocycles. The molecule has 120 valence electrons. The molecule has 0 aliphatic heterocycles. The average molecular weight is 385 g/mol. The summed E-state index contributed by atoms with van der Waals surface area (Å²) in [5.74, 6) is -0.492. The molecule has 0 aliphatic rings. The Morgan fingerprint density at radius 2 is 1.79 bits per heavy atom. The van der Waals surface area contributed by atoms with Gasteiger partial charge in [-0.1, -0.05) is 52.3 Å².